The minimum Gasteiger partial charge on any atom is -0.466 e. The fourth-order valence-electron chi connectivity index (χ4n) is 3.12. The van der Waals surface area contributed by atoms with Gasteiger partial charge in [0.05, 0.1) is 28.9 Å². The molecule has 1 heterocycles. The van der Waals surface area contributed by atoms with E-state index in [-0.39, 0.29) is 23.1 Å². The number of carbonyl (C=O) groups excluding carboxylic acids is 1. The second-order valence-corrected chi connectivity index (χ2v) is 7.45. The van der Waals surface area contributed by atoms with E-state index < -0.39 is 82.9 Å². The van der Waals surface area contributed by atoms with Crippen LogP contribution in [0.4, 0.5) is 51.1 Å². The quantitative estimate of drug-likeness (QED) is 0.244. The first-order chi connectivity index (χ1) is 16.9. The van der Waals surface area contributed by atoms with Gasteiger partial charge in [0.25, 0.3) is 5.56 Å². The van der Waals surface area contributed by atoms with E-state index in [0.29, 0.717) is 4.57 Å². The van der Waals surface area contributed by atoms with Crippen LogP contribution in [0.5, 0.6) is 0 Å². The molecule has 206 valence electrons. The van der Waals surface area contributed by atoms with Crippen molar-refractivity contribution < 1.29 is 53.8 Å². The predicted octanol–water partition coefficient (Wildman–Crippen LogP) is 5.65. The lowest BCUT2D eigenvalue weighted by Crippen LogP contribution is -2.45. The highest BCUT2D eigenvalue weighted by Gasteiger charge is 2.43. The molecular formula is C20H17ClF9N3O4. The Morgan fingerprint density at radius 2 is 1.62 bits per heavy atom. The molecule has 7 nitrogen and oxygen atoms in total. The van der Waals surface area contributed by atoms with Crippen molar-refractivity contribution in [3.05, 3.63) is 50.4 Å². The van der Waals surface area contributed by atoms with E-state index in [0.717, 1.165) is 7.11 Å². The van der Waals surface area contributed by atoms with Crippen LogP contribution in [-0.2, 0) is 39.3 Å². The molecule has 2 aromatic rings. The van der Waals surface area contributed by atoms with Crippen LogP contribution in [0.3, 0.4) is 0 Å². The van der Waals surface area contributed by atoms with Gasteiger partial charge in [-0.05, 0) is 26.0 Å². The fourth-order valence-corrected chi connectivity index (χ4v) is 3.43. The highest BCUT2D eigenvalue weighted by atomic mass is 35.5. The van der Waals surface area contributed by atoms with Gasteiger partial charge in [-0.15, -0.1) is 0 Å². The van der Waals surface area contributed by atoms with Gasteiger partial charge in [0.15, 0.2) is 5.69 Å². The number of anilines is 2. The van der Waals surface area contributed by atoms with Gasteiger partial charge in [-0.3, -0.25) is 14.3 Å². The monoisotopic (exact) mass is 569 g/mol. The maximum Gasteiger partial charge on any atom is 0.433 e. The standard InChI is InChI=1S/C20H17ClF9N3O4/c1-4-32-13(34)8-12(20(28,29)30)31-17(32)33(15(37-5-2)16(35)36-3)11-7-9(18(22,23)24)6-10(14(11)21)19(25,26)27/h6-8,15H,4-5H2,1-3H3. The number of esters is 1. The van der Waals surface area contributed by atoms with Gasteiger partial charge in [-0.2, -0.15) is 39.5 Å². The Hall–Kier alpha value is -3.01. The van der Waals surface area contributed by atoms with E-state index >= 15 is 0 Å². The Labute approximate surface area is 207 Å². The topological polar surface area (TPSA) is 73.7 Å². The molecule has 0 aliphatic heterocycles. The molecule has 1 aromatic heterocycles. The number of aromatic nitrogens is 2. The molecule has 0 saturated carbocycles. The van der Waals surface area contributed by atoms with Crippen LogP contribution in [0, 0.1) is 0 Å². The highest BCUT2D eigenvalue weighted by molar-refractivity contribution is 6.34. The summed E-state index contributed by atoms with van der Waals surface area (Å²) in [4.78, 5) is 28.4. The van der Waals surface area contributed by atoms with E-state index in [2.05, 4.69) is 9.72 Å². The molecule has 2 rings (SSSR count). The minimum atomic E-state index is -5.48. The van der Waals surface area contributed by atoms with Crippen molar-refractivity contribution in [2.75, 3.05) is 18.6 Å². The molecule has 37 heavy (non-hydrogen) atoms. The number of alkyl halides is 9. The molecule has 17 heteroatoms. The third-order valence-electron chi connectivity index (χ3n) is 4.72. The molecule has 1 aromatic carbocycles. The van der Waals surface area contributed by atoms with Gasteiger partial charge in [0.1, 0.15) is 0 Å². The zero-order valence-corrected chi connectivity index (χ0v) is 19.7. The summed E-state index contributed by atoms with van der Waals surface area (Å²) in [5, 5.41) is -1.44. The lowest BCUT2D eigenvalue weighted by Gasteiger charge is -2.33. The van der Waals surface area contributed by atoms with Crippen LogP contribution in [0.1, 0.15) is 30.7 Å². The smallest absolute Gasteiger partial charge is 0.433 e. The second kappa shape index (κ2) is 10.8. The van der Waals surface area contributed by atoms with Crippen LogP contribution >= 0.6 is 11.6 Å². The number of hydrogen-bond donors (Lipinski definition) is 0. The summed E-state index contributed by atoms with van der Waals surface area (Å²) in [6, 6.07) is -0.197. The number of carbonyl (C=O) groups is 1. The largest absolute Gasteiger partial charge is 0.466 e. The predicted molar refractivity (Wildman–Crippen MR) is 110 cm³/mol. The summed E-state index contributed by atoms with van der Waals surface area (Å²) in [7, 11) is 0.772. The number of hydrogen-bond acceptors (Lipinski definition) is 6. The van der Waals surface area contributed by atoms with Crippen LogP contribution in [-0.4, -0.2) is 35.5 Å². The molecule has 0 saturated heterocycles. The Bertz CT molecular complexity index is 1210. The van der Waals surface area contributed by atoms with E-state index in [1.54, 1.807) is 0 Å². The van der Waals surface area contributed by atoms with E-state index in [4.69, 9.17) is 16.3 Å². The number of halogens is 10. The van der Waals surface area contributed by atoms with Crippen molar-refractivity contribution in [2.45, 2.75) is 45.1 Å². The normalized spacial score (nSPS) is 13.4. The average molecular weight is 570 g/mol. The molecule has 0 N–H and O–H groups in total. The van der Waals surface area contributed by atoms with E-state index in [9.17, 15) is 49.1 Å². The SMILES string of the molecule is CCOC(C(=O)OC)N(c1cc(C(F)(F)F)cc(C(F)(F)F)c1Cl)c1nc(C(F)(F)F)cc(=O)n1CC. The molecule has 0 bridgehead atoms. The first-order valence-corrected chi connectivity index (χ1v) is 10.4. The second-order valence-electron chi connectivity index (χ2n) is 7.07. The maximum atomic E-state index is 13.7. The van der Waals surface area contributed by atoms with E-state index in [1.807, 2.05) is 0 Å². The van der Waals surface area contributed by atoms with Gasteiger partial charge >= 0.3 is 24.5 Å². The maximum absolute atomic E-state index is 13.7. The zero-order valence-electron chi connectivity index (χ0n) is 19.0. The van der Waals surface area contributed by atoms with E-state index in [1.165, 1.54) is 13.8 Å². The number of ether oxygens (including phenoxy) is 2. The molecule has 0 fully saturated rings. The van der Waals surface area contributed by atoms with Crippen LogP contribution in [0.25, 0.3) is 0 Å². The van der Waals surface area contributed by atoms with Crippen molar-refractivity contribution in [1.82, 2.24) is 9.55 Å². The Morgan fingerprint density at radius 3 is 2.05 bits per heavy atom. The zero-order chi connectivity index (χ0) is 28.5. The molecule has 0 aliphatic rings. The van der Waals surface area contributed by atoms with Gasteiger partial charge in [-0.1, -0.05) is 11.6 Å². The third-order valence-corrected chi connectivity index (χ3v) is 5.11. The number of methoxy groups -OCH3 is 1. The number of rotatable bonds is 7. The molecule has 0 spiro atoms. The summed E-state index contributed by atoms with van der Waals surface area (Å²) < 4.78 is 132. The fraction of sp³-hybridized carbons (Fsp3) is 0.450. The summed E-state index contributed by atoms with van der Waals surface area (Å²) in [6.45, 7) is 1.57. The summed E-state index contributed by atoms with van der Waals surface area (Å²) in [5.41, 5.74) is -8.45. The summed E-state index contributed by atoms with van der Waals surface area (Å²) in [6.07, 6.45) is -18.5. The lowest BCUT2D eigenvalue weighted by molar-refractivity contribution is -0.153. The van der Waals surface area contributed by atoms with Gasteiger partial charge in [0.2, 0.25) is 12.2 Å². The van der Waals surface area contributed by atoms with Gasteiger partial charge in [-0.25, -0.2) is 9.78 Å². The third kappa shape index (κ3) is 6.47. The Morgan fingerprint density at radius 1 is 1.03 bits per heavy atom. The first kappa shape index (κ1) is 30.2. The molecule has 0 radical (unpaired) electrons. The Kier molecular flexibility index (Phi) is 8.79. The molecule has 1 unspecified atom stereocenters. The first-order valence-electron chi connectivity index (χ1n) is 10.0. The highest BCUT2D eigenvalue weighted by Crippen LogP contribution is 2.46. The molecular weight excluding hydrogens is 553 g/mol. The van der Waals surface area contributed by atoms with Crippen molar-refractivity contribution in [2.24, 2.45) is 0 Å². The van der Waals surface area contributed by atoms with Crippen molar-refractivity contribution in [3.63, 3.8) is 0 Å². The minimum absolute atomic E-state index is 0.0545. The molecule has 0 amide bonds. The molecule has 0 aliphatic carbocycles. The summed E-state index contributed by atoms with van der Waals surface area (Å²) >= 11 is 5.84. The van der Waals surface area contributed by atoms with Crippen molar-refractivity contribution >= 4 is 29.2 Å². The Balaban J connectivity index is 3.16. The molecule has 1 atom stereocenters. The van der Waals surface area contributed by atoms with Crippen LogP contribution < -0.4 is 10.5 Å². The van der Waals surface area contributed by atoms with Crippen LogP contribution in [0.15, 0.2) is 23.0 Å². The van der Waals surface area contributed by atoms with Gasteiger partial charge in [0, 0.05) is 19.2 Å². The number of nitrogens with zero attached hydrogens (tertiary/aromatic N) is 3. The number of benzene rings is 1. The van der Waals surface area contributed by atoms with Gasteiger partial charge < -0.3 is 9.47 Å². The lowest BCUT2D eigenvalue weighted by atomic mass is 10.1. The average Bonchev–Trinajstić information content (AvgIpc) is 2.76. The van der Waals surface area contributed by atoms with Crippen molar-refractivity contribution in [3.8, 4) is 0 Å². The van der Waals surface area contributed by atoms with Crippen molar-refractivity contribution in [1.29, 1.82) is 0 Å². The van der Waals surface area contributed by atoms with Crippen LogP contribution in [0.2, 0.25) is 5.02 Å². The summed E-state index contributed by atoms with van der Waals surface area (Å²) in [5.74, 6) is -2.64.